The van der Waals surface area contributed by atoms with Crippen LogP contribution in [0.2, 0.25) is 0 Å². The fourth-order valence-electron chi connectivity index (χ4n) is 0.974. The van der Waals surface area contributed by atoms with Crippen LogP contribution in [0.5, 0.6) is 0 Å². The number of hydrogen-bond donors (Lipinski definition) is 0. The molecule has 0 spiro atoms. The van der Waals surface area contributed by atoms with E-state index in [1.54, 1.807) is 0 Å². The van der Waals surface area contributed by atoms with Crippen molar-refractivity contribution in [1.82, 2.24) is 0 Å². The number of benzene rings is 1. The Morgan fingerprint density at radius 1 is 1.25 bits per heavy atom. The van der Waals surface area contributed by atoms with Crippen molar-refractivity contribution in [2.24, 2.45) is 0 Å². The van der Waals surface area contributed by atoms with E-state index < -0.39 is 0 Å². The third-order valence-electron chi connectivity index (χ3n) is 1.34. The summed E-state index contributed by atoms with van der Waals surface area (Å²) in [5.41, 5.74) is 2.42. The first-order chi connectivity index (χ1) is 5.58. The molecule has 0 nitrogen and oxygen atoms in total. The van der Waals surface area contributed by atoms with Gasteiger partial charge in [-0.1, -0.05) is 22.0 Å². The van der Waals surface area contributed by atoms with Crippen molar-refractivity contribution in [3.05, 3.63) is 37.2 Å². The second kappa shape index (κ2) is 4.58. The highest BCUT2D eigenvalue weighted by molar-refractivity contribution is 9.28. The molecule has 0 amide bonds. The molecule has 0 aliphatic rings. The van der Waals surface area contributed by atoms with Crippen LogP contribution in [0, 0.1) is 6.92 Å². The van der Waals surface area contributed by atoms with Crippen LogP contribution in [0.15, 0.2) is 26.1 Å². The third kappa shape index (κ3) is 3.42. The van der Waals surface area contributed by atoms with Crippen LogP contribution in [0.4, 0.5) is 0 Å². The second-order valence-corrected chi connectivity index (χ2v) is 6.18. The van der Waals surface area contributed by atoms with Gasteiger partial charge in [0, 0.05) is 4.47 Å². The molecule has 64 valence electrons. The molecule has 0 N–H and O–H groups in total. The van der Waals surface area contributed by atoms with Gasteiger partial charge in [0.25, 0.3) is 0 Å². The monoisotopic (exact) mass is 352 g/mol. The maximum Gasteiger partial charge on any atom is 0.0610 e. The maximum absolute atomic E-state index is 3.44. The van der Waals surface area contributed by atoms with E-state index >= 15 is 0 Å². The largest absolute Gasteiger partial charge is 0.0610 e. The number of aryl methyl sites for hydroxylation is 1. The van der Waals surface area contributed by atoms with Crippen molar-refractivity contribution in [3.8, 4) is 0 Å². The van der Waals surface area contributed by atoms with Crippen LogP contribution in [0.1, 0.15) is 11.1 Å². The van der Waals surface area contributed by atoms with Gasteiger partial charge in [-0.3, -0.25) is 0 Å². The van der Waals surface area contributed by atoms with E-state index in [1.165, 1.54) is 11.1 Å². The lowest BCUT2D eigenvalue weighted by atomic mass is 10.1. The summed E-state index contributed by atoms with van der Waals surface area (Å²) < 4.78 is 2.06. The maximum atomic E-state index is 3.44. The van der Waals surface area contributed by atoms with E-state index in [9.17, 15) is 0 Å². The van der Waals surface area contributed by atoms with Gasteiger partial charge < -0.3 is 0 Å². The molecule has 1 rings (SSSR count). The smallest absolute Gasteiger partial charge is 0.0519 e. The highest BCUT2D eigenvalue weighted by atomic mass is 79.9. The zero-order valence-corrected chi connectivity index (χ0v) is 11.2. The van der Waals surface area contributed by atoms with Crippen molar-refractivity contribution in [2.45, 2.75) is 6.92 Å². The lowest BCUT2D eigenvalue weighted by Gasteiger charge is -1.98. The summed E-state index contributed by atoms with van der Waals surface area (Å²) >= 11 is 10.1. The van der Waals surface area contributed by atoms with Crippen molar-refractivity contribution in [3.63, 3.8) is 0 Å². The molecule has 0 atom stereocenters. The zero-order chi connectivity index (χ0) is 9.14. The van der Waals surface area contributed by atoms with E-state index in [0.717, 1.165) is 7.86 Å². The molecule has 0 aromatic heterocycles. The van der Waals surface area contributed by atoms with Crippen LogP contribution in [-0.4, -0.2) is 0 Å². The van der Waals surface area contributed by atoms with Gasteiger partial charge in [0.05, 0.1) is 3.39 Å². The molecule has 0 bridgehead atoms. The third-order valence-corrected chi connectivity index (χ3v) is 2.26. The Hall–Kier alpha value is 0.400. The molecule has 0 fully saturated rings. The minimum absolute atomic E-state index is 0.951. The Balaban J connectivity index is 3.09. The summed E-state index contributed by atoms with van der Waals surface area (Å²) in [6.07, 6.45) is 2.01. The number of halogens is 3. The first-order valence-corrected chi connectivity index (χ1v) is 5.76. The lowest BCUT2D eigenvalue weighted by molar-refractivity contribution is 1.44. The molecule has 0 unspecified atom stereocenters. The first kappa shape index (κ1) is 10.5. The molecule has 0 saturated carbocycles. The van der Waals surface area contributed by atoms with Crippen LogP contribution >= 0.6 is 47.8 Å². The van der Waals surface area contributed by atoms with Crippen molar-refractivity contribution in [1.29, 1.82) is 0 Å². The van der Waals surface area contributed by atoms with Gasteiger partial charge in [-0.05, 0) is 68.1 Å². The van der Waals surface area contributed by atoms with Crippen LogP contribution < -0.4 is 0 Å². The van der Waals surface area contributed by atoms with Gasteiger partial charge in [0.15, 0.2) is 0 Å². The first-order valence-electron chi connectivity index (χ1n) is 3.38. The molecular weight excluding hydrogens is 348 g/mol. The van der Waals surface area contributed by atoms with E-state index in [4.69, 9.17) is 0 Å². The predicted octanol–water partition coefficient (Wildman–Crippen LogP) is 4.85. The van der Waals surface area contributed by atoms with Crippen molar-refractivity contribution >= 4 is 53.9 Å². The Kier molecular flexibility index (Phi) is 4.00. The fraction of sp³-hybridized carbons (Fsp3) is 0.111. The van der Waals surface area contributed by atoms with Gasteiger partial charge in [0.2, 0.25) is 0 Å². The molecular formula is C9H7Br3. The van der Waals surface area contributed by atoms with Gasteiger partial charge in [-0.2, -0.15) is 0 Å². The lowest BCUT2D eigenvalue weighted by Crippen LogP contribution is -1.76. The van der Waals surface area contributed by atoms with Crippen molar-refractivity contribution < 1.29 is 0 Å². The quantitative estimate of drug-likeness (QED) is 0.676. The molecule has 1 aromatic rings. The molecule has 1 aromatic carbocycles. The average molecular weight is 355 g/mol. The molecule has 0 heterocycles. The topological polar surface area (TPSA) is 0 Å². The summed E-state index contributed by atoms with van der Waals surface area (Å²) in [6.45, 7) is 2.07. The Morgan fingerprint density at radius 2 is 1.92 bits per heavy atom. The summed E-state index contributed by atoms with van der Waals surface area (Å²) in [7, 11) is 0. The van der Waals surface area contributed by atoms with Crippen LogP contribution in [-0.2, 0) is 0 Å². The normalized spacial score (nSPS) is 9.67. The van der Waals surface area contributed by atoms with Gasteiger partial charge >= 0.3 is 0 Å². The SMILES string of the molecule is Cc1cc(Br)cc(C=C(Br)Br)c1. The molecule has 0 aliphatic carbocycles. The highest BCUT2D eigenvalue weighted by Crippen LogP contribution is 2.21. The Morgan fingerprint density at radius 3 is 2.42 bits per heavy atom. The fourth-order valence-corrected chi connectivity index (χ4v) is 2.13. The Labute approximate surface area is 97.4 Å². The second-order valence-electron chi connectivity index (χ2n) is 2.50. The summed E-state index contributed by atoms with van der Waals surface area (Å²) in [6, 6.07) is 6.27. The minimum Gasteiger partial charge on any atom is -0.0519 e. The number of rotatable bonds is 1. The van der Waals surface area contributed by atoms with Crippen molar-refractivity contribution in [2.75, 3.05) is 0 Å². The van der Waals surface area contributed by atoms with Gasteiger partial charge in [-0.25, -0.2) is 0 Å². The van der Waals surface area contributed by atoms with E-state index in [0.29, 0.717) is 0 Å². The highest BCUT2D eigenvalue weighted by Gasteiger charge is 1.93. The predicted molar refractivity (Wildman–Crippen MR) is 64.7 cm³/mol. The average Bonchev–Trinajstić information content (AvgIpc) is 1.81. The van der Waals surface area contributed by atoms with Gasteiger partial charge in [0.1, 0.15) is 0 Å². The summed E-state index contributed by atoms with van der Waals surface area (Å²) in [5, 5.41) is 0. The number of hydrogen-bond acceptors (Lipinski definition) is 0. The summed E-state index contributed by atoms with van der Waals surface area (Å²) in [5.74, 6) is 0. The molecule has 0 radical (unpaired) electrons. The van der Waals surface area contributed by atoms with Crippen LogP contribution in [0.25, 0.3) is 6.08 Å². The molecule has 0 saturated heterocycles. The van der Waals surface area contributed by atoms with Crippen LogP contribution in [0.3, 0.4) is 0 Å². The zero-order valence-electron chi connectivity index (χ0n) is 6.44. The molecule has 3 heteroatoms. The Bertz CT molecular complexity index is 291. The minimum atomic E-state index is 0.951. The van der Waals surface area contributed by atoms with E-state index in [-0.39, 0.29) is 0 Å². The molecule has 12 heavy (non-hydrogen) atoms. The summed E-state index contributed by atoms with van der Waals surface area (Å²) in [4.78, 5) is 0. The van der Waals surface area contributed by atoms with Gasteiger partial charge in [-0.15, -0.1) is 0 Å². The van der Waals surface area contributed by atoms with E-state index in [1.807, 2.05) is 6.08 Å². The molecule has 0 aliphatic heterocycles. The standard InChI is InChI=1S/C9H7Br3/c1-6-2-7(5-9(11)12)4-8(10)3-6/h2-5H,1H3. The van der Waals surface area contributed by atoms with E-state index in [2.05, 4.69) is 72.9 Å².